The molecule has 25 heavy (non-hydrogen) atoms. The van der Waals surface area contributed by atoms with Crippen molar-refractivity contribution >= 4 is 11.6 Å². The normalized spacial score (nSPS) is 12.3. The number of methoxy groups -OCH3 is 1. The number of benzene rings is 2. The lowest BCUT2D eigenvalue weighted by Gasteiger charge is -2.17. The first-order chi connectivity index (χ1) is 12.0. The topological polar surface area (TPSA) is 60.0 Å². The average molecular weight is 342 g/mol. The molecule has 3 rings (SSSR count). The molecule has 1 heterocycles. The third-order valence-corrected chi connectivity index (χ3v) is 3.93. The molecule has 1 N–H and O–H groups in total. The lowest BCUT2D eigenvalue weighted by atomic mass is 10.2. The standard InChI is InChI=1S/C19H22N2O4/c1-13-4-6-16(23-3)15(8-13)20-19(22)11-21(2)10-14-5-7-17-18(9-14)25-12-24-17/h4-9H,10-12H2,1-3H3,(H,20,22). The molecule has 6 nitrogen and oxygen atoms in total. The first-order valence-electron chi connectivity index (χ1n) is 8.06. The second-order valence-electron chi connectivity index (χ2n) is 6.11. The number of hydrogen-bond donors (Lipinski definition) is 1. The Balaban J connectivity index is 1.58. The molecular formula is C19H22N2O4. The maximum atomic E-state index is 12.3. The summed E-state index contributed by atoms with van der Waals surface area (Å²) in [5, 5.41) is 2.91. The van der Waals surface area contributed by atoms with Gasteiger partial charge in [0.1, 0.15) is 5.75 Å². The van der Waals surface area contributed by atoms with Gasteiger partial charge in [-0.2, -0.15) is 0 Å². The van der Waals surface area contributed by atoms with Crippen LogP contribution in [0.2, 0.25) is 0 Å². The molecule has 0 spiro atoms. The molecule has 0 fully saturated rings. The number of nitrogens with one attached hydrogen (secondary N) is 1. The molecule has 2 aromatic rings. The van der Waals surface area contributed by atoms with Gasteiger partial charge in [0.2, 0.25) is 12.7 Å². The second kappa shape index (κ2) is 7.44. The van der Waals surface area contributed by atoms with Crippen LogP contribution >= 0.6 is 0 Å². The molecule has 0 aliphatic carbocycles. The SMILES string of the molecule is COc1ccc(C)cc1NC(=O)CN(C)Cc1ccc2c(c1)OCO2. The largest absolute Gasteiger partial charge is 0.495 e. The van der Waals surface area contributed by atoms with Gasteiger partial charge in [-0.05, 0) is 49.4 Å². The quantitative estimate of drug-likeness (QED) is 0.875. The van der Waals surface area contributed by atoms with Crippen LogP contribution in [0.15, 0.2) is 36.4 Å². The summed E-state index contributed by atoms with van der Waals surface area (Å²) < 4.78 is 16.0. The molecule has 0 saturated heterocycles. The maximum Gasteiger partial charge on any atom is 0.238 e. The van der Waals surface area contributed by atoms with E-state index in [9.17, 15) is 4.79 Å². The van der Waals surface area contributed by atoms with Gasteiger partial charge in [0, 0.05) is 6.54 Å². The van der Waals surface area contributed by atoms with Crippen molar-refractivity contribution in [3.05, 3.63) is 47.5 Å². The summed E-state index contributed by atoms with van der Waals surface area (Å²) in [7, 11) is 3.49. The van der Waals surface area contributed by atoms with Gasteiger partial charge in [0.25, 0.3) is 0 Å². The number of carbonyl (C=O) groups excluding carboxylic acids is 1. The molecule has 132 valence electrons. The van der Waals surface area contributed by atoms with E-state index in [1.54, 1.807) is 7.11 Å². The number of amides is 1. The zero-order valence-electron chi connectivity index (χ0n) is 14.7. The van der Waals surface area contributed by atoms with Crippen molar-refractivity contribution in [2.75, 3.05) is 32.8 Å². The van der Waals surface area contributed by atoms with Crippen molar-refractivity contribution in [1.82, 2.24) is 4.90 Å². The zero-order valence-corrected chi connectivity index (χ0v) is 14.7. The molecule has 0 atom stereocenters. The van der Waals surface area contributed by atoms with Crippen LogP contribution in [-0.2, 0) is 11.3 Å². The number of carbonyl (C=O) groups is 1. The monoisotopic (exact) mass is 342 g/mol. The van der Waals surface area contributed by atoms with Crippen LogP contribution in [0.1, 0.15) is 11.1 Å². The smallest absolute Gasteiger partial charge is 0.238 e. The van der Waals surface area contributed by atoms with Crippen LogP contribution in [0.25, 0.3) is 0 Å². The van der Waals surface area contributed by atoms with Gasteiger partial charge >= 0.3 is 0 Å². The van der Waals surface area contributed by atoms with Crippen molar-refractivity contribution in [1.29, 1.82) is 0 Å². The van der Waals surface area contributed by atoms with E-state index in [2.05, 4.69) is 5.32 Å². The molecular weight excluding hydrogens is 320 g/mol. The fourth-order valence-corrected chi connectivity index (χ4v) is 2.76. The Kier molecular flexibility index (Phi) is 5.09. The van der Waals surface area contributed by atoms with E-state index in [0.717, 1.165) is 22.6 Å². The molecule has 1 aliphatic heterocycles. The van der Waals surface area contributed by atoms with Gasteiger partial charge < -0.3 is 19.5 Å². The van der Waals surface area contributed by atoms with Crippen molar-refractivity contribution in [3.8, 4) is 17.2 Å². The molecule has 0 unspecified atom stereocenters. The minimum atomic E-state index is -0.0906. The molecule has 1 amide bonds. The third-order valence-electron chi connectivity index (χ3n) is 3.93. The Labute approximate surface area is 147 Å². The van der Waals surface area contributed by atoms with Gasteiger partial charge in [0.05, 0.1) is 19.3 Å². The van der Waals surface area contributed by atoms with E-state index in [0.29, 0.717) is 18.0 Å². The highest BCUT2D eigenvalue weighted by Crippen LogP contribution is 2.32. The Morgan fingerprint density at radius 2 is 2.00 bits per heavy atom. The lowest BCUT2D eigenvalue weighted by molar-refractivity contribution is -0.117. The maximum absolute atomic E-state index is 12.3. The van der Waals surface area contributed by atoms with E-state index in [1.807, 2.05) is 55.3 Å². The van der Waals surface area contributed by atoms with E-state index in [1.165, 1.54) is 0 Å². The van der Waals surface area contributed by atoms with Gasteiger partial charge in [-0.25, -0.2) is 0 Å². The Hall–Kier alpha value is -2.73. The number of nitrogens with zero attached hydrogens (tertiary/aromatic N) is 1. The van der Waals surface area contributed by atoms with Crippen molar-refractivity contribution < 1.29 is 19.0 Å². The van der Waals surface area contributed by atoms with Crippen molar-refractivity contribution in [2.24, 2.45) is 0 Å². The molecule has 0 saturated carbocycles. The summed E-state index contributed by atoms with van der Waals surface area (Å²) in [5.41, 5.74) is 2.81. The predicted octanol–water partition coefficient (Wildman–Crippen LogP) is 2.80. The van der Waals surface area contributed by atoms with Gasteiger partial charge in [0.15, 0.2) is 11.5 Å². The number of anilines is 1. The van der Waals surface area contributed by atoms with Crippen molar-refractivity contribution in [2.45, 2.75) is 13.5 Å². The van der Waals surface area contributed by atoms with Gasteiger partial charge in [-0.15, -0.1) is 0 Å². The number of fused-ring (bicyclic) bond motifs is 1. The van der Waals surface area contributed by atoms with Gasteiger partial charge in [-0.1, -0.05) is 12.1 Å². The number of likely N-dealkylation sites (N-methyl/N-ethyl adjacent to an activating group) is 1. The van der Waals surface area contributed by atoms with E-state index in [4.69, 9.17) is 14.2 Å². The highest BCUT2D eigenvalue weighted by molar-refractivity contribution is 5.93. The summed E-state index contributed by atoms with van der Waals surface area (Å²) in [6.45, 7) is 3.14. The fraction of sp³-hybridized carbons (Fsp3) is 0.316. The molecule has 0 aromatic heterocycles. The lowest BCUT2D eigenvalue weighted by Crippen LogP contribution is -2.30. The molecule has 1 aliphatic rings. The summed E-state index contributed by atoms with van der Waals surface area (Å²) in [6.07, 6.45) is 0. The number of hydrogen-bond acceptors (Lipinski definition) is 5. The molecule has 0 radical (unpaired) electrons. The molecule has 0 bridgehead atoms. The van der Waals surface area contributed by atoms with Crippen molar-refractivity contribution in [3.63, 3.8) is 0 Å². The summed E-state index contributed by atoms with van der Waals surface area (Å²) in [6, 6.07) is 11.5. The number of rotatable bonds is 6. The number of ether oxygens (including phenoxy) is 3. The molecule has 6 heteroatoms. The second-order valence-corrected chi connectivity index (χ2v) is 6.11. The highest BCUT2D eigenvalue weighted by Gasteiger charge is 2.15. The van der Waals surface area contributed by atoms with Crippen LogP contribution in [0.3, 0.4) is 0 Å². The van der Waals surface area contributed by atoms with Crippen LogP contribution < -0.4 is 19.5 Å². The summed E-state index contributed by atoms with van der Waals surface area (Å²) >= 11 is 0. The predicted molar refractivity (Wildman–Crippen MR) is 95.3 cm³/mol. The zero-order chi connectivity index (χ0) is 17.8. The van der Waals surface area contributed by atoms with Gasteiger partial charge in [-0.3, -0.25) is 9.69 Å². The van der Waals surface area contributed by atoms with Crippen LogP contribution in [0, 0.1) is 6.92 Å². The Morgan fingerprint density at radius 3 is 2.80 bits per heavy atom. The van der Waals surface area contributed by atoms with Crippen LogP contribution in [0.5, 0.6) is 17.2 Å². The van der Waals surface area contributed by atoms with E-state index in [-0.39, 0.29) is 19.2 Å². The molecule has 2 aromatic carbocycles. The third kappa shape index (κ3) is 4.22. The van der Waals surface area contributed by atoms with Crippen LogP contribution in [-0.4, -0.2) is 38.3 Å². The first kappa shape index (κ1) is 17.1. The summed E-state index contributed by atoms with van der Waals surface area (Å²) in [4.78, 5) is 14.3. The number of aryl methyl sites for hydroxylation is 1. The Bertz CT molecular complexity index is 776. The average Bonchev–Trinajstić information content (AvgIpc) is 3.02. The van der Waals surface area contributed by atoms with E-state index >= 15 is 0 Å². The van der Waals surface area contributed by atoms with Crippen LogP contribution in [0.4, 0.5) is 5.69 Å². The first-order valence-corrected chi connectivity index (χ1v) is 8.06. The minimum Gasteiger partial charge on any atom is -0.495 e. The fourth-order valence-electron chi connectivity index (χ4n) is 2.76. The Morgan fingerprint density at radius 1 is 1.20 bits per heavy atom. The highest BCUT2D eigenvalue weighted by atomic mass is 16.7. The summed E-state index contributed by atoms with van der Waals surface area (Å²) in [5.74, 6) is 2.07. The van der Waals surface area contributed by atoms with E-state index < -0.39 is 0 Å². The minimum absolute atomic E-state index is 0.0906.